The molecule has 0 radical (unpaired) electrons. The van der Waals surface area contributed by atoms with Gasteiger partial charge in [0.05, 0.1) is 0 Å². The molecule has 1 aliphatic heterocycles. The molecule has 124 valence electrons. The van der Waals surface area contributed by atoms with Crippen LogP contribution < -0.4 is 0 Å². The predicted octanol–water partition coefficient (Wildman–Crippen LogP) is 4.21. The number of fused-ring (bicyclic) bond motifs is 1. The highest BCUT2D eigenvalue weighted by molar-refractivity contribution is 9.10. The minimum atomic E-state index is -0.443. The molecule has 0 atom stereocenters. The average molecular weight is 380 g/mol. The lowest BCUT2D eigenvalue weighted by Crippen LogP contribution is -2.41. The number of pyridine rings is 1. The molecule has 0 saturated carbocycles. The number of hydrogen-bond donors (Lipinski definition) is 0. The van der Waals surface area contributed by atoms with Gasteiger partial charge in [0.15, 0.2) is 0 Å². The third-order valence-corrected chi connectivity index (χ3v) is 4.53. The Balaban J connectivity index is 1.69. The fourth-order valence-corrected chi connectivity index (χ4v) is 3.30. The first kappa shape index (κ1) is 16.3. The third kappa shape index (κ3) is 3.68. The standard InChI is InChI=1S/C17H22BrN3O2/c1-17(2,3)23-16(22)20-8-6-12(7-9-20)14-10-19-15-5-4-13(18)11-21(14)15/h4-5,10-12H,6-9H2,1-3H3. The van der Waals surface area contributed by atoms with Gasteiger partial charge in [-0.3, -0.25) is 0 Å². The molecule has 0 N–H and O–H groups in total. The van der Waals surface area contributed by atoms with Gasteiger partial charge in [-0.15, -0.1) is 0 Å². The maximum atomic E-state index is 12.1. The zero-order valence-corrected chi connectivity index (χ0v) is 15.3. The van der Waals surface area contributed by atoms with Crippen molar-refractivity contribution in [2.24, 2.45) is 0 Å². The lowest BCUT2D eigenvalue weighted by atomic mass is 9.94. The molecule has 1 fully saturated rings. The summed E-state index contributed by atoms with van der Waals surface area (Å²) < 4.78 is 8.63. The molecule has 0 spiro atoms. The number of imidazole rings is 1. The summed E-state index contributed by atoms with van der Waals surface area (Å²) >= 11 is 3.51. The van der Waals surface area contributed by atoms with Crippen molar-refractivity contribution in [3.8, 4) is 0 Å². The van der Waals surface area contributed by atoms with Crippen LogP contribution in [0, 0.1) is 0 Å². The van der Waals surface area contributed by atoms with E-state index in [1.807, 2.05) is 39.1 Å². The Morgan fingerprint density at radius 3 is 2.65 bits per heavy atom. The third-order valence-electron chi connectivity index (χ3n) is 4.06. The SMILES string of the molecule is CC(C)(C)OC(=O)N1CCC(c2cnc3ccc(Br)cn23)CC1. The van der Waals surface area contributed by atoms with Crippen LogP contribution in [0.25, 0.3) is 5.65 Å². The van der Waals surface area contributed by atoms with E-state index in [0.717, 1.165) is 36.1 Å². The van der Waals surface area contributed by atoms with E-state index < -0.39 is 5.60 Å². The minimum absolute atomic E-state index is 0.211. The predicted molar refractivity (Wildman–Crippen MR) is 92.7 cm³/mol. The van der Waals surface area contributed by atoms with Gasteiger partial charge in [0, 0.05) is 41.6 Å². The van der Waals surface area contributed by atoms with Crippen LogP contribution in [-0.2, 0) is 4.74 Å². The molecular weight excluding hydrogens is 358 g/mol. The Bertz CT molecular complexity index is 712. The van der Waals surface area contributed by atoms with E-state index in [0.29, 0.717) is 5.92 Å². The Morgan fingerprint density at radius 1 is 1.30 bits per heavy atom. The summed E-state index contributed by atoms with van der Waals surface area (Å²) in [6, 6.07) is 4.00. The van der Waals surface area contributed by atoms with Gasteiger partial charge >= 0.3 is 6.09 Å². The van der Waals surface area contributed by atoms with Crippen LogP contribution in [-0.4, -0.2) is 39.1 Å². The van der Waals surface area contributed by atoms with Crippen molar-refractivity contribution >= 4 is 27.7 Å². The summed E-state index contributed by atoms with van der Waals surface area (Å²) in [4.78, 5) is 18.4. The largest absolute Gasteiger partial charge is 0.444 e. The molecule has 0 aromatic carbocycles. The summed E-state index contributed by atoms with van der Waals surface area (Å²) in [5.74, 6) is 0.415. The minimum Gasteiger partial charge on any atom is -0.444 e. The molecule has 6 heteroatoms. The quantitative estimate of drug-likeness (QED) is 0.745. The van der Waals surface area contributed by atoms with Crippen molar-refractivity contribution in [3.63, 3.8) is 0 Å². The lowest BCUT2D eigenvalue weighted by molar-refractivity contribution is 0.0204. The van der Waals surface area contributed by atoms with Gasteiger partial charge < -0.3 is 14.0 Å². The van der Waals surface area contributed by atoms with E-state index in [-0.39, 0.29) is 6.09 Å². The normalized spacial score (nSPS) is 16.8. The molecule has 0 aliphatic carbocycles. The van der Waals surface area contributed by atoms with Crippen LogP contribution in [0.15, 0.2) is 29.0 Å². The van der Waals surface area contributed by atoms with Crippen molar-refractivity contribution in [3.05, 3.63) is 34.7 Å². The van der Waals surface area contributed by atoms with Crippen LogP contribution in [0.5, 0.6) is 0 Å². The second-order valence-corrected chi connectivity index (χ2v) is 7.92. The number of aromatic nitrogens is 2. The first-order valence-electron chi connectivity index (χ1n) is 7.94. The van der Waals surface area contributed by atoms with E-state index in [1.165, 1.54) is 5.69 Å². The number of nitrogens with zero attached hydrogens (tertiary/aromatic N) is 3. The number of halogens is 1. The second-order valence-electron chi connectivity index (χ2n) is 7.00. The molecule has 0 unspecified atom stereocenters. The molecule has 5 nitrogen and oxygen atoms in total. The van der Waals surface area contributed by atoms with E-state index in [1.54, 1.807) is 4.90 Å². The van der Waals surface area contributed by atoms with Gasteiger partial charge in [-0.25, -0.2) is 9.78 Å². The molecule has 1 saturated heterocycles. The highest BCUT2D eigenvalue weighted by Crippen LogP contribution is 2.29. The van der Waals surface area contributed by atoms with Crippen LogP contribution in [0.4, 0.5) is 4.79 Å². The molecule has 23 heavy (non-hydrogen) atoms. The summed E-state index contributed by atoms with van der Waals surface area (Å²) in [5.41, 5.74) is 1.73. The van der Waals surface area contributed by atoms with Crippen molar-refractivity contribution < 1.29 is 9.53 Å². The van der Waals surface area contributed by atoms with E-state index >= 15 is 0 Å². The number of ether oxygens (including phenoxy) is 1. The topological polar surface area (TPSA) is 46.8 Å². The molecule has 3 heterocycles. The first-order chi connectivity index (χ1) is 10.8. The average Bonchev–Trinajstić information content (AvgIpc) is 2.88. The summed E-state index contributed by atoms with van der Waals surface area (Å²) in [7, 11) is 0. The molecule has 1 amide bonds. The van der Waals surface area contributed by atoms with Crippen molar-refractivity contribution in [2.75, 3.05) is 13.1 Å². The number of amides is 1. The number of hydrogen-bond acceptors (Lipinski definition) is 3. The highest BCUT2D eigenvalue weighted by Gasteiger charge is 2.28. The van der Waals surface area contributed by atoms with E-state index in [9.17, 15) is 4.79 Å². The van der Waals surface area contributed by atoms with Gasteiger partial charge in [-0.1, -0.05) is 0 Å². The number of carbonyl (C=O) groups is 1. The molecule has 3 rings (SSSR count). The van der Waals surface area contributed by atoms with Crippen molar-refractivity contribution in [1.82, 2.24) is 14.3 Å². The van der Waals surface area contributed by atoms with Crippen LogP contribution >= 0.6 is 15.9 Å². The molecule has 0 bridgehead atoms. The smallest absolute Gasteiger partial charge is 0.410 e. The number of carbonyl (C=O) groups excluding carboxylic acids is 1. The zero-order valence-electron chi connectivity index (χ0n) is 13.8. The molecular formula is C17H22BrN3O2. The highest BCUT2D eigenvalue weighted by atomic mass is 79.9. The number of rotatable bonds is 1. The van der Waals surface area contributed by atoms with Crippen LogP contribution in [0.2, 0.25) is 0 Å². The Labute approximate surface area is 144 Å². The second kappa shape index (κ2) is 6.15. The van der Waals surface area contributed by atoms with Crippen molar-refractivity contribution in [1.29, 1.82) is 0 Å². The molecule has 2 aromatic heterocycles. The summed E-state index contributed by atoms with van der Waals surface area (Å²) in [6.07, 6.45) is 5.66. The van der Waals surface area contributed by atoms with Gasteiger partial charge in [-0.2, -0.15) is 0 Å². The zero-order chi connectivity index (χ0) is 16.6. The Morgan fingerprint density at radius 2 is 2.00 bits per heavy atom. The fourth-order valence-electron chi connectivity index (χ4n) is 2.96. The monoisotopic (exact) mass is 379 g/mol. The maximum Gasteiger partial charge on any atom is 0.410 e. The van der Waals surface area contributed by atoms with Crippen molar-refractivity contribution in [2.45, 2.75) is 45.1 Å². The Hall–Kier alpha value is -1.56. The van der Waals surface area contributed by atoms with Gasteiger partial charge in [0.25, 0.3) is 0 Å². The first-order valence-corrected chi connectivity index (χ1v) is 8.73. The Kier molecular flexibility index (Phi) is 4.36. The van der Waals surface area contributed by atoms with Crippen LogP contribution in [0.3, 0.4) is 0 Å². The summed E-state index contributed by atoms with van der Waals surface area (Å²) in [5, 5.41) is 0. The lowest BCUT2D eigenvalue weighted by Gasteiger charge is -2.33. The number of piperidine rings is 1. The van der Waals surface area contributed by atoms with Gasteiger partial charge in [0.1, 0.15) is 11.2 Å². The van der Waals surface area contributed by atoms with Gasteiger partial charge in [0.2, 0.25) is 0 Å². The van der Waals surface area contributed by atoms with E-state index in [2.05, 4.69) is 31.5 Å². The van der Waals surface area contributed by atoms with Gasteiger partial charge in [-0.05, 0) is 61.7 Å². The molecule has 1 aliphatic rings. The maximum absolute atomic E-state index is 12.1. The van der Waals surface area contributed by atoms with Crippen LogP contribution in [0.1, 0.15) is 45.2 Å². The number of likely N-dealkylation sites (tertiary alicyclic amines) is 1. The van der Waals surface area contributed by atoms with E-state index in [4.69, 9.17) is 4.74 Å². The summed E-state index contributed by atoms with van der Waals surface area (Å²) in [6.45, 7) is 7.14. The fraction of sp³-hybridized carbons (Fsp3) is 0.529. The molecule has 2 aromatic rings.